The fourth-order valence-electron chi connectivity index (χ4n) is 2.18. The lowest BCUT2D eigenvalue weighted by molar-refractivity contribution is 0.0934. The number of amides is 1. The van der Waals surface area contributed by atoms with Crippen LogP contribution in [-0.2, 0) is 0 Å². The molecule has 0 spiro atoms. The highest BCUT2D eigenvalue weighted by molar-refractivity contribution is 7.80. The quantitative estimate of drug-likeness (QED) is 0.361. The first kappa shape index (κ1) is 21.6. The van der Waals surface area contributed by atoms with Gasteiger partial charge in [0, 0.05) is 11.3 Å². The number of benzene rings is 2. The van der Waals surface area contributed by atoms with E-state index in [1.165, 1.54) is 7.11 Å². The first-order valence-corrected chi connectivity index (χ1v) is 9.39. The van der Waals surface area contributed by atoms with Crippen molar-refractivity contribution in [1.29, 1.82) is 0 Å². The van der Waals surface area contributed by atoms with Crippen molar-refractivity contribution < 1.29 is 9.53 Å². The molecule has 0 unspecified atom stereocenters. The Morgan fingerprint density at radius 2 is 1.81 bits per heavy atom. The van der Waals surface area contributed by atoms with Crippen LogP contribution in [0.15, 0.2) is 48.5 Å². The summed E-state index contributed by atoms with van der Waals surface area (Å²) in [5, 5.41) is 8.67. The van der Waals surface area contributed by atoms with Gasteiger partial charge in [0.1, 0.15) is 11.9 Å². The highest BCUT2D eigenvalue weighted by Crippen LogP contribution is 2.29. The minimum Gasteiger partial charge on any atom is -0.497 e. The van der Waals surface area contributed by atoms with Crippen LogP contribution in [0, 0.1) is 6.92 Å². The summed E-state index contributed by atoms with van der Waals surface area (Å²) in [4.78, 5) is 12.5. The zero-order valence-corrected chi connectivity index (χ0v) is 17.6. The van der Waals surface area contributed by atoms with E-state index >= 15 is 0 Å². The number of nitrogens with one attached hydrogen (secondary N) is 3. The normalized spacial score (nSPS) is 12.0. The highest BCUT2D eigenvalue weighted by atomic mass is 35.6. The second-order valence-corrected chi connectivity index (χ2v) is 8.37. The molecule has 0 radical (unpaired) electrons. The molecule has 2 aromatic carbocycles. The van der Waals surface area contributed by atoms with Gasteiger partial charge in [-0.05, 0) is 49.0 Å². The zero-order valence-electron chi connectivity index (χ0n) is 14.6. The van der Waals surface area contributed by atoms with Crippen LogP contribution in [0.4, 0.5) is 5.69 Å². The number of carbonyl (C=O) groups excluding carboxylic acids is 1. The minimum atomic E-state index is -1.84. The number of halogens is 3. The smallest absolute Gasteiger partial charge is 0.253 e. The number of ether oxygens (including phenoxy) is 1. The Balaban J connectivity index is 2.10. The summed E-state index contributed by atoms with van der Waals surface area (Å²) in [6.45, 7) is 1.93. The molecule has 0 aliphatic heterocycles. The summed E-state index contributed by atoms with van der Waals surface area (Å²) in [5.74, 6) is 0.0919. The van der Waals surface area contributed by atoms with Crippen molar-refractivity contribution in [1.82, 2.24) is 10.6 Å². The van der Waals surface area contributed by atoms with Gasteiger partial charge in [-0.25, -0.2) is 0 Å². The van der Waals surface area contributed by atoms with Gasteiger partial charge < -0.3 is 20.7 Å². The molecule has 1 atom stereocenters. The Morgan fingerprint density at radius 3 is 2.44 bits per heavy atom. The molecular weight excluding hydrogens is 429 g/mol. The number of hydrogen-bond acceptors (Lipinski definition) is 3. The molecule has 0 saturated carbocycles. The predicted molar refractivity (Wildman–Crippen MR) is 115 cm³/mol. The lowest BCUT2D eigenvalue weighted by Crippen LogP contribution is -2.56. The molecular formula is C18H18Cl3N3O2S. The van der Waals surface area contributed by atoms with Crippen LogP contribution < -0.4 is 20.7 Å². The fourth-order valence-corrected chi connectivity index (χ4v) is 2.74. The van der Waals surface area contributed by atoms with E-state index in [0.29, 0.717) is 11.3 Å². The highest BCUT2D eigenvalue weighted by Gasteiger charge is 2.35. The first-order chi connectivity index (χ1) is 12.7. The van der Waals surface area contributed by atoms with Crippen LogP contribution in [0.1, 0.15) is 15.9 Å². The molecule has 5 nitrogen and oxygen atoms in total. The van der Waals surface area contributed by atoms with E-state index in [-0.39, 0.29) is 5.11 Å². The third-order valence-electron chi connectivity index (χ3n) is 3.60. The van der Waals surface area contributed by atoms with E-state index in [4.69, 9.17) is 51.8 Å². The summed E-state index contributed by atoms with van der Waals surface area (Å²) in [7, 11) is 1.51. The number of para-hydroxylation sites is 1. The predicted octanol–water partition coefficient (Wildman–Crippen LogP) is 4.42. The molecule has 0 aliphatic rings. The van der Waals surface area contributed by atoms with Gasteiger partial charge in [-0.2, -0.15) is 0 Å². The average Bonchev–Trinajstić information content (AvgIpc) is 2.62. The number of carbonyl (C=O) groups is 1. The van der Waals surface area contributed by atoms with Gasteiger partial charge in [0.2, 0.25) is 3.79 Å². The molecule has 144 valence electrons. The molecule has 2 rings (SSSR count). The Bertz CT molecular complexity index is 827. The second-order valence-electron chi connectivity index (χ2n) is 5.59. The first-order valence-electron chi connectivity index (χ1n) is 7.85. The number of aryl methyl sites for hydroxylation is 1. The molecule has 9 heteroatoms. The summed E-state index contributed by atoms with van der Waals surface area (Å²) < 4.78 is 3.27. The largest absolute Gasteiger partial charge is 0.497 e. The Morgan fingerprint density at radius 1 is 1.11 bits per heavy atom. The molecule has 0 heterocycles. The van der Waals surface area contributed by atoms with Crippen LogP contribution >= 0.6 is 47.0 Å². The molecule has 0 saturated heterocycles. The number of hydrogen-bond donors (Lipinski definition) is 3. The van der Waals surface area contributed by atoms with Gasteiger partial charge in [0.05, 0.1) is 7.11 Å². The van der Waals surface area contributed by atoms with E-state index in [1.807, 2.05) is 31.2 Å². The standard InChI is InChI=1S/C18H18Cl3N3O2S/c1-11-6-3-4-9-14(11)22-17(27)24-16(18(19,20)21)23-15(25)12-7-5-8-13(10-12)26-2/h3-10,16H,1-2H3,(H,23,25)(H2,22,24,27)/t16-/m1/s1. The van der Waals surface area contributed by atoms with E-state index < -0.39 is 15.9 Å². The fraction of sp³-hybridized carbons (Fsp3) is 0.222. The van der Waals surface area contributed by atoms with Crippen molar-refractivity contribution in [2.75, 3.05) is 12.4 Å². The summed E-state index contributed by atoms with van der Waals surface area (Å²) >= 11 is 23.3. The van der Waals surface area contributed by atoms with Gasteiger partial charge >= 0.3 is 0 Å². The van der Waals surface area contributed by atoms with E-state index in [1.54, 1.807) is 24.3 Å². The van der Waals surface area contributed by atoms with Crippen LogP contribution in [0.3, 0.4) is 0 Å². The van der Waals surface area contributed by atoms with E-state index in [0.717, 1.165) is 11.3 Å². The Kier molecular flexibility index (Phi) is 7.56. The van der Waals surface area contributed by atoms with Crippen molar-refractivity contribution >= 4 is 63.7 Å². The van der Waals surface area contributed by atoms with Gasteiger partial charge in [0.15, 0.2) is 5.11 Å². The zero-order chi connectivity index (χ0) is 20.0. The topological polar surface area (TPSA) is 62.4 Å². The SMILES string of the molecule is COc1cccc(C(=O)N[C@H](NC(=S)Nc2ccccc2C)C(Cl)(Cl)Cl)c1. The lowest BCUT2D eigenvalue weighted by atomic mass is 10.2. The van der Waals surface area contributed by atoms with Crippen molar-refractivity contribution in [2.45, 2.75) is 16.9 Å². The van der Waals surface area contributed by atoms with Gasteiger partial charge in [-0.1, -0.05) is 59.1 Å². The maximum atomic E-state index is 12.5. The van der Waals surface area contributed by atoms with Gasteiger partial charge in [-0.3, -0.25) is 4.79 Å². The average molecular weight is 447 g/mol. The number of anilines is 1. The second kappa shape index (κ2) is 9.46. The molecule has 27 heavy (non-hydrogen) atoms. The lowest BCUT2D eigenvalue weighted by Gasteiger charge is -2.28. The molecule has 0 bridgehead atoms. The van der Waals surface area contributed by atoms with Crippen molar-refractivity contribution in [3.63, 3.8) is 0 Å². The number of methoxy groups -OCH3 is 1. The van der Waals surface area contributed by atoms with Crippen molar-refractivity contribution in [3.05, 3.63) is 59.7 Å². The molecule has 0 fully saturated rings. The Hall–Kier alpha value is -1.73. The maximum Gasteiger partial charge on any atom is 0.253 e. The maximum absolute atomic E-state index is 12.5. The van der Waals surface area contributed by atoms with Crippen LogP contribution in [0.2, 0.25) is 0 Å². The van der Waals surface area contributed by atoms with Gasteiger partial charge in [-0.15, -0.1) is 0 Å². The van der Waals surface area contributed by atoms with Gasteiger partial charge in [0.25, 0.3) is 5.91 Å². The van der Waals surface area contributed by atoms with Crippen LogP contribution in [0.25, 0.3) is 0 Å². The monoisotopic (exact) mass is 445 g/mol. The van der Waals surface area contributed by atoms with Crippen molar-refractivity contribution in [3.8, 4) is 5.75 Å². The molecule has 0 aromatic heterocycles. The number of alkyl halides is 3. The molecule has 0 aliphatic carbocycles. The third kappa shape index (κ3) is 6.43. The molecule has 2 aromatic rings. The number of thiocarbonyl (C=S) groups is 1. The summed E-state index contributed by atoms with van der Waals surface area (Å²) in [6.07, 6.45) is -1.06. The molecule has 1 amide bonds. The van der Waals surface area contributed by atoms with Crippen LogP contribution in [-0.4, -0.2) is 28.1 Å². The molecule has 3 N–H and O–H groups in total. The summed E-state index contributed by atoms with van der Waals surface area (Å²) in [6, 6.07) is 14.2. The number of rotatable bonds is 5. The third-order valence-corrected chi connectivity index (χ3v) is 4.48. The van der Waals surface area contributed by atoms with E-state index in [2.05, 4.69) is 16.0 Å². The van der Waals surface area contributed by atoms with Crippen LogP contribution in [0.5, 0.6) is 5.75 Å². The summed E-state index contributed by atoms with van der Waals surface area (Å²) in [5.41, 5.74) is 2.15. The minimum absolute atomic E-state index is 0.201. The Labute approximate surface area is 178 Å². The van der Waals surface area contributed by atoms with Crippen molar-refractivity contribution in [2.24, 2.45) is 0 Å². The van der Waals surface area contributed by atoms with E-state index in [9.17, 15) is 4.79 Å².